The monoisotopic (exact) mass is 154 g/mol. The van der Waals surface area contributed by atoms with Gasteiger partial charge in [0.15, 0.2) is 0 Å². The Hall–Kier alpha value is -0.280. The molecule has 0 unspecified atom stereocenters. The molecule has 3 nitrogen and oxygen atoms in total. The van der Waals surface area contributed by atoms with Crippen molar-refractivity contribution in [1.82, 2.24) is 0 Å². The third-order valence-corrected chi connectivity index (χ3v) is 1.06. The lowest BCUT2D eigenvalue weighted by Gasteiger charge is -2.01. The third kappa shape index (κ3) is 4.24. The standard InChI is InChI=1S/C5H10O3.ClH/c1-2-4(3-6)5(7)8;/h4,6H,2-3H2,1H3,(H,7,8);1H/t4-;/m1./s1. The summed E-state index contributed by atoms with van der Waals surface area (Å²) in [5.74, 6) is -1.50. The van der Waals surface area contributed by atoms with E-state index >= 15 is 0 Å². The van der Waals surface area contributed by atoms with Crippen molar-refractivity contribution in [2.24, 2.45) is 5.92 Å². The van der Waals surface area contributed by atoms with Gasteiger partial charge in [-0.15, -0.1) is 12.4 Å². The Morgan fingerprint density at radius 1 is 1.67 bits per heavy atom. The molecular formula is C5H11ClO3. The second-order valence-corrected chi connectivity index (χ2v) is 1.63. The molecule has 0 aromatic carbocycles. The average Bonchev–Trinajstić information content (AvgIpc) is 1.69. The lowest BCUT2D eigenvalue weighted by atomic mass is 10.1. The fraction of sp³-hybridized carbons (Fsp3) is 0.800. The number of aliphatic hydroxyl groups is 1. The molecular weight excluding hydrogens is 144 g/mol. The van der Waals surface area contributed by atoms with Gasteiger partial charge in [0.2, 0.25) is 0 Å². The third-order valence-electron chi connectivity index (χ3n) is 1.06. The molecule has 0 amide bonds. The Balaban J connectivity index is 0. The average molecular weight is 155 g/mol. The first-order valence-corrected chi connectivity index (χ1v) is 2.56. The maximum atomic E-state index is 10.0. The van der Waals surface area contributed by atoms with Crippen LogP contribution in [0.2, 0.25) is 0 Å². The van der Waals surface area contributed by atoms with Crippen molar-refractivity contribution in [3.63, 3.8) is 0 Å². The van der Waals surface area contributed by atoms with E-state index < -0.39 is 11.9 Å². The summed E-state index contributed by atoms with van der Waals surface area (Å²) in [4.78, 5) is 10.0. The van der Waals surface area contributed by atoms with Gasteiger partial charge in [0.25, 0.3) is 0 Å². The molecule has 9 heavy (non-hydrogen) atoms. The van der Waals surface area contributed by atoms with Crippen LogP contribution in [0.25, 0.3) is 0 Å². The summed E-state index contributed by atoms with van der Waals surface area (Å²) < 4.78 is 0. The topological polar surface area (TPSA) is 57.5 Å². The maximum absolute atomic E-state index is 10.0. The van der Waals surface area contributed by atoms with Crippen LogP contribution in [0.1, 0.15) is 13.3 Å². The second kappa shape index (κ2) is 5.85. The number of carboxylic acids is 1. The van der Waals surface area contributed by atoms with E-state index in [2.05, 4.69) is 0 Å². The predicted octanol–water partition coefficient (Wildman–Crippen LogP) is 0.511. The lowest BCUT2D eigenvalue weighted by Crippen LogP contribution is -2.16. The SMILES string of the molecule is CC[C@H](CO)C(=O)O.Cl. The van der Waals surface area contributed by atoms with Crippen LogP contribution in [0.15, 0.2) is 0 Å². The highest BCUT2D eigenvalue weighted by atomic mass is 35.5. The zero-order valence-electron chi connectivity index (χ0n) is 5.20. The molecule has 0 aromatic rings. The predicted molar refractivity (Wildman–Crippen MR) is 35.8 cm³/mol. The highest BCUT2D eigenvalue weighted by Crippen LogP contribution is 1.98. The molecule has 2 N–H and O–H groups in total. The van der Waals surface area contributed by atoms with Crippen molar-refractivity contribution in [3.05, 3.63) is 0 Å². The number of aliphatic hydroxyl groups excluding tert-OH is 1. The van der Waals surface area contributed by atoms with Gasteiger partial charge in [-0.3, -0.25) is 4.79 Å². The van der Waals surface area contributed by atoms with Crippen molar-refractivity contribution in [2.75, 3.05) is 6.61 Å². The fourth-order valence-corrected chi connectivity index (χ4v) is 0.382. The van der Waals surface area contributed by atoms with Gasteiger partial charge < -0.3 is 10.2 Å². The first-order valence-electron chi connectivity index (χ1n) is 2.56. The summed E-state index contributed by atoms with van der Waals surface area (Å²) in [6.45, 7) is 1.47. The zero-order chi connectivity index (χ0) is 6.57. The summed E-state index contributed by atoms with van der Waals surface area (Å²) in [5, 5.41) is 16.5. The van der Waals surface area contributed by atoms with E-state index in [9.17, 15) is 4.79 Å². The van der Waals surface area contributed by atoms with Crippen molar-refractivity contribution in [1.29, 1.82) is 0 Å². The summed E-state index contributed by atoms with van der Waals surface area (Å²) in [7, 11) is 0. The molecule has 0 aromatic heterocycles. The molecule has 0 aliphatic heterocycles. The van der Waals surface area contributed by atoms with Gasteiger partial charge in [0.1, 0.15) is 0 Å². The number of hydrogen-bond donors (Lipinski definition) is 2. The minimum absolute atomic E-state index is 0. The summed E-state index contributed by atoms with van der Waals surface area (Å²) in [5.41, 5.74) is 0. The van der Waals surface area contributed by atoms with Crippen molar-refractivity contribution in [2.45, 2.75) is 13.3 Å². The van der Waals surface area contributed by atoms with Gasteiger partial charge in [-0.1, -0.05) is 6.92 Å². The molecule has 0 rings (SSSR count). The first-order chi connectivity index (χ1) is 3.72. The summed E-state index contributed by atoms with van der Waals surface area (Å²) >= 11 is 0. The van der Waals surface area contributed by atoms with Crippen molar-refractivity contribution >= 4 is 18.4 Å². The molecule has 0 aliphatic carbocycles. The molecule has 0 saturated carbocycles. The van der Waals surface area contributed by atoms with E-state index in [4.69, 9.17) is 10.2 Å². The van der Waals surface area contributed by atoms with E-state index in [-0.39, 0.29) is 19.0 Å². The number of carboxylic acid groups (broad SMARTS) is 1. The molecule has 0 saturated heterocycles. The highest BCUT2D eigenvalue weighted by molar-refractivity contribution is 5.85. The molecule has 0 aliphatic rings. The minimum atomic E-state index is -0.921. The number of halogens is 1. The smallest absolute Gasteiger partial charge is 0.308 e. The Bertz CT molecular complexity index is 80.3. The van der Waals surface area contributed by atoms with E-state index in [0.29, 0.717) is 6.42 Å². The molecule has 0 spiro atoms. The van der Waals surface area contributed by atoms with Crippen LogP contribution in [-0.2, 0) is 4.79 Å². The number of hydrogen-bond acceptors (Lipinski definition) is 2. The summed E-state index contributed by atoms with van der Waals surface area (Å²) in [6.07, 6.45) is 0.492. The van der Waals surface area contributed by atoms with Gasteiger partial charge >= 0.3 is 5.97 Å². The van der Waals surface area contributed by atoms with Crippen LogP contribution >= 0.6 is 12.4 Å². The molecule has 4 heteroatoms. The Labute approximate surface area is 60.1 Å². The van der Waals surface area contributed by atoms with E-state index in [1.807, 2.05) is 0 Å². The van der Waals surface area contributed by atoms with Gasteiger partial charge in [-0.25, -0.2) is 0 Å². The van der Waals surface area contributed by atoms with Crippen LogP contribution in [0.4, 0.5) is 0 Å². The van der Waals surface area contributed by atoms with Crippen LogP contribution in [0.5, 0.6) is 0 Å². The van der Waals surface area contributed by atoms with Gasteiger partial charge in [-0.2, -0.15) is 0 Å². The van der Waals surface area contributed by atoms with Crippen LogP contribution in [-0.4, -0.2) is 22.8 Å². The number of aliphatic carboxylic acids is 1. The van der Waals surface area contributed by atoms with Crippen molar-refractivity contribution in [3.8, 4) is 0 Å². The molecule has 0 radical (unpaired) electrons. The number of rotatable bonds is 3. The molecule has 56 valence electrons. The molecule has 1 atom stereocenters. The number of carbonyl (C=O) groups is 1. The van der Waals surface area contributed by atoms with E-state index in [0.717, 1.165) is 0 Å². The minimum Gasteiger partial charge on any atom is -0.481 e. The molecule has 0 fully saturated rings. The lowest BCUT2D eigenvalue weighted by molar-refractivity contribution is -0.143. The van der Waals surface area contributed by atoms with E-state index in [1.54, 1.807) is 6.92 Å². The summed E-state index contributed by atoms with van der Waals surface area (Å²) in [6, 6.07) is 0. The molecule has 0 heterocycles. The van der Waals surface area contributed by atoms with E-state index in [1.165, 1.54) is 0 Å². The largest absolute Gasteiger partial charge is 0.481 e. The van der Waals surface area contributed by atoms with Gasteiger partial charge in [0.05, 0.1) is 12.5 Å². The van der Waals surface area contributed by atoms with Crippen LogP contribution in [0, 0.1) is 5.92 Å². The Kier molecular flexibility index (Phi) is 7.48. The molecule has 0 bridgehead atoms. The van der Waals surface area contributed by atoms with Crippen LogP contribution in [0.3, 0.4) is 0 Å². The Morgan fingerprint density at radius 2 is 2.11 bits per heavy atom. The maximum Gasteiger partial charge on any atom is 0.308 e. The Morgan fingerprint density at radius 3 is 2.11 bits per heavy atom. The zero-order valence-corrected chi connectivity index (χ0v) is 6.02. The fourth-order valence-electron chi connectivity index (χ4n) is 0.382. The van der Waals surface area contributed by atoms with Gasteiger partial charge in [0, 0.05) is 0 Å². The van der Waals surface area contributed by atoms with Crippen LogP contribution < -0.4 is 0 Å². The normalized spacial score (nSPS) is 11.8. The quantitative estimate of drug-likeness (QED) is 0.623. The second-order valence-electron chi connectivity index (χ2n) is 1.63. The first kappa shape index (κ1) is 11.5. The van der Waals surface area contributed by atoms with Crippen molar-refractivity contribution < 1.29 is 15.0 Å². The van der Waals surface area contributed by atoms with Gasteiger partial charge in [-0.05, 0) is 6.42 Å². The highest BCUT2D eigenvalue weighted by Gasteiger charge is 2.11.